The van der Waals surface area contributed by atoms with Crippen molar-refractivity contribution >= 4 is 43.2 Å². The van der Waals surface area contributed by atoms with E-state index in [1.165, 1.54) is 60.7 Å². The summed E-state index contributed by atoms with van der Waals surface area (Å²) in [6.07, 6.45) is -0.817. The maximum Gasteiger partial charge on any atom is 0.417 e. The molecule has 3 aromatic carbocycles. The predicted molar refractivity (Wildman–Crippen MR) is 109 cm³/mol. The molecule has 1 amide bonds. The van der Waals surface area contributed by atoms with Crippen LogP contribution in [-0.2, 0) is 9.84 Å². The summed E-state index contributed by atoms with van der Waals surface area (Å²) in [5, 5.41) is 13.1. The normalized spacial score (nSPS) is 10.9. The third-order valence-electron chi connectivity index (χ3n) is 3.79. The van der Waals surface area contributed by atoms with Gasteiger partial charge in [0.1, 0.15) is 5.75 Å². The number of sulfone groups is 1. The van der Waals surface area contributed by atoms with Crippen molar-refractivity contribution in [3.8, 4) is 5.75 Å². The van der Waals surface area contributed by atoms with Crippen molar-refractivity contribution in [3.05, 3.63) is 87.4 Å². The van der Waals surface area contributed by atoms with Crippen LogP contribution < -0.4 is 10.1 Å². The zero-order chi connectivity index (χ0) is 21.0. The monoisotopic (exact) mass is 476 g/mol. The Morgan fingerprint density at radius 2 is 1.41 bits per heavy atom. The second-order valence-electron chi connectivity index (χ2n) is 5.75. The van der Waals surface area contributed by atoms with Crippen LogP contribution in [0, 0.1) is 10.1 Å². The number of non-ortho nitro benzene ring substituents is 1. The molecule has 0 atom stereocenters. The number of amides is 1. The Kier molecular flexibility index (Phi) is 5.95. The van der Waals surface area contributed by atoms with Gasteiger partial charge in [-0.2, -0.15) is 0 Å². The van der Waals surface area contributed by atoms with Gasteiger partial charge in [-0.25, -0.2) is 13.2 Å². The Morgan fingerprint density at radius 1 is 0.897 bits per heavy atom. The number of nitro groups is 1. The maximum absolute atomic E-state index is 12.6. The zero-order valence-electron chi connectivity index (χ0n) is 14.6. The number of halogens is 1. The fourth-order valence-corrected chi connectivity index (χ4v) is 3.88. The molecule has 0 aliphatic heterocycles. The lowest BCUT2D eigenvalue weighted by Gasteiger charge is -2.08. The van der Waals surface area contributed by atoms with Gasteiger partial charge in [0, 0.05) is 22.3 Å². The van der Waals surface area contributed by atoms with E-state index < -0.39 is 20.9 Å². The molecule has 148 valence electrons. The SMILES string of the molecule is O=C(Nc1ccc(S(=O)(=O)c2ccc(Br)cc2)cc1)Oc1ccc([N+](=O)[O-])cc1. The second-order valence-corrected chi connectivity index (χ2v) is 8.61. The Bertz CT molecular complexity index is 1140. The Hall–Kier alpha value is -3.24. The lowest BCUT2D eigenvalue weighted by molar-refractivity contribution is -0.384. The molecule has 0 saturated heterocycles. The van der Waals surface area contributed by atoms with Gasteiger partial charge in [-0.1, -0.05) is 15.9 Å². The zero-order valence-corrected chi connectivity index (χ0v) is 17.0. The second kappa shape index (κ2) is 8.41. The van der Waals surface area contributed by atoms with Gasteiger partial charge in [-0.15, -0.1) is 0 Å². The van der Waals surface area contributed by atoms with E-state index >= 15 is 0 Å². The highest BCUT2D eigenvalue weighted by molar-refractivity contribution is 9.10. The van der Waals surface area contributed by atoms with E-state index in [-0.39, 0.29) is 21.2 Å². The molecular weight excluding hydrogens is 464 g/mol. The van der Waals surface area contributed by atoms with Gasteiger partial charge in [-0.3, -0.25) is 15.4 Å². The first kappa shape index (κ1) is 20.5. The number of hydrogen-bond acceptors (Lipinski definition) is 6. The molecule has 3 rings (SSSR count). The van der Waals surface area contributed by atoms with E-state index in [4.69, 9.17) is 4.74 Å². The summed E-state index contributed by atoms with van der Waals surface area (Å²) in [4.78, 5) is 22.2. The van der Waals surface area contributed by atoms with Crippen LogP contribution in [0.1, 0.15) is 0 Å². The molecule has 0 spiro atoms. The maximum atomic E-state index is 12.6. The smallest absolute Gasteiger partial charge is 0.410 e. The fourth-order valence-electron chi connectivity index (χ4n) is 2.35. The van der Waals surface area contributed by atoms with Crippen LogP contribution >= 0.6 is 15.9 Å². The van der Waals surface area contributed by atoms with Gasteiger partial charge in [-0.05, 0) is 60.7 Å². The van der Waals surface area contributed by atoms with Gasteiger partial charge in [0.2, 0.25) is 9.84 Å². The Labute approximate surface area is 174 Å². The number of nitro benzene ring substituents is 1. The predicted octanol–water partition coefficient (Wildman–Crippen LogP) is 4.80. The molecule has 0 saturated carbocycles. The highest BCUT2D eigenvalue weighted by Crippen LogP contribution is 2.24. The quantitative estimate of drug-likeness (QED) is 0.417. The Morgan fingerprint density at radius 3 is 1.93 bits per heavy atom. The molecular formula is C19H13BrN2O6S. The minimum Gasteiger partial charge on any atom is -0.410 e. The van der Waals surface area contributed by atoms with Gasteiger partial charge in [0.15, 0.2) is 0 Å². The first-order valence-electron chi connectivity index (χ1n) is 8.10. The Balaban J connectivity index is 1.67. The summed E-state index contributed by atoms with van der Waals surface area (Å²) in [6, 6.07) is 16.9. The molecule has 0 radical (unpaired) electrons. The third-order valence-corrected chi connectivity index (χ3v) is 6.11. The van der Waals surface area contributed by atoms with Crippen LogP contribution in [0.3, 0.4) is 0 Å². The fraction of sp³-hybridized carbons (Fsp3) is 0. The van der Waals surface area contributed by atoms with Crippen molar-refractivity contribution in [2.75, 3.05) is 5.32 Å². The minimum atomic E-state index is -3.68. The van der Waals surface area contributed by atoms with Crippen molar-refractivity contribution in [1.29, 1.82) is 0 Å². The summed E-state index contributed by atoms with van der Waals surface area (Å²) in [6.45, 7) is 0. The number of nitrogens with one attached hydrogen (secondary N) is 1. The van der Waals surface area contributed by atoms with Crippen molar-refractivity contribution in [3.63, 3.8) is 0 Å². The van der Waals surface area contributed by atoms with Crippen LogP contribution in [0.15, 0.2) is 87.1 Å². The molecule has 0 aliphatic rings. The number of hydrogen-bond donors (Lipinski definition) is 1. The molecule has 10 heteroatoms. The first-order chi connectivity index (χ1) is 13.8. The summed E-state index contributed by atoms with van der Waals surface area (Å²) < 4.78 is 31.0. The van der Waals surface area contributed by atoms with Crippen LogP contribution in [0.4, 0.5) is 16.2 Å². The number of nitrogens with zero attached hydrogens (tertiary/aromatic N) is 1. The molecule has 3 aromatic rings. The van der Waals surface area contributed by atoms with Crippen LogP contribution in [0.25, 0.3) is 0 Å². The highest BCUT2D eigenvalue weighted by atomic mass is 79.9. The highest BCUT2D eigenvalue weighted by Gasteiger charge is 2.17. The number of carbonyl (C=O) groups is 1. The van der Waals surface area contributed by atoms with E-state index in [2.05, 4.69) is 21.2 Å². The lowest BCUT2D eigenvalue weighted by atomic mass is 10.3. The van der Waals surface area contributed by atoms with Crippen LogP contribution in [0.5, 0.6) is 5.75 Å². The summed E-state index contributed by atoms with van der Waals surface area (Å²) >= 11 is 3.26. The van der Waals surface area contributed by atoms with E-state index in [9.17, 15) is 23.3 Å². The third kappa shape index (κ3) is 4.98. The molecule has 0 bridgehead atoms. The molecule has 29 heavy (non-hydrogen) atoms. The molecule has 1 N–H and O–H groups in total. The van der Waals surface area contributed by atoms with Crippen molar-refractivity contribution in [2.24, 2.45) is 0 Å². The lowest BCUT2D eigenvalue weighted by Crippen LogP contribution is -2.16. The number of benzene rings is 3. The van der Waals surface area contributed by atoms with Crippen LogP contribution in [0.2, 0.25) is 0 Å². The molecule has 0 aromatic heterocycles. The first-order valence-corrected chi connectivity index (χ1v) is 10.4. The summed E-state index contributed by atoms with van der Waals surface area (Å²) in [5.41, 5.74) is 0.201. The molecule has 0 aliphatic carbocycles. The molecule has 8 nitrogen and oxygen atoms in total. The number of anilines is 1. The number of rotatable bonds is 5. The average molecular weight is 477 g/mol. The van der Waals surface area contributed by atoms with Gasteiger partial charge < -0.3 is 4.74 Å². The molecule has 0 heterocycles. The topological polar surface area (TPSA) is 116 Å². The van der Waals surface area contributed by atoms with Gasteiger partial charge in [0.05, 0.1) is 14.7 Å². The van der Waals surface area contributed by atoms with E-state index in [0.717, 1.165) is 4.47 Å². The standard InChI is InChI=1S/C19H13BrN2O6S/c20-13-1-9-17(10-2-13)29(26,27)18-11-3-14(4-12-18)21-19(23)28-16-7-5-15(6-8-16)22(24)25/h1-12H,(H,21,23). The van der Waals surface area contributed by atoms with Crippen molar-refractivity contribution < 1.29 is 22.9 Å². The van der Waals surface area contributed by atoms with Crippen molar-refractivity contribution in [1.82, 2.24) is 0 Å². The van der Waals surface area contributed by atoms with E-state index in [1.807, 2.05) is 0 Å². The van der Waals surface area contributed by atoms with E-state index in [0.29, 0.717) is 5.69 Å². The van der Waals surface area contributed by atoms with Gasteiger partial charge >= 0.3 is 6.09 Å². The van der Waals surface area contributed by atoms with E-state index in [1.54, 1.807) is 12.1 Å². The molecule has 0 fully saturated rings. The largest absolute Gasteiger partial charge is 0.417 e. The van der Waals surface area contributed by atoms with Crippen molar-refractivity contribution in [2.45, 2.75) is 9.79 Å². The average Bonchev–Trinajstić information content (AvgIpc) is 2.69. The number of ether oxygens (including phenoxy) is 1. The van der Waals surface area contributed by atoms with Gasteiger partial charge in [0.25, 0.3) is 5.69 Å². The summed E-state index contributed by atoms with van der Waals surface area (Å²) in [7, 11) is -3.68. The minimum absolute atomic E-state index is 0.0779. The molecule has 0 unspecified atom stereocenters. The summed E-state index contributed by atoms with van der Waals surface area (Å²) in [5.74, 6) is 0.127. The number of carbonyl (C=O) groups excluding carboxylic acids is 1. The van der Waals surface area contributed by atoms with Crippen LogP contribution in [-0.4, -0.2) is 19.4 Å².